The van der Waals surface area contributed by atoms with Crippen molar-refractivity contribution in [3.8, 4) is 0 Å². The Balaban J connectivity index is 2.25. The average Bonchev–Trinajstić information content (AvgIpc) is 2.56. The van der Waals surface area contributed by atoms with Crippen LogP contribution in [0, 0.1) is 0 Å². The first-order valence-corrected chi connectivity index (χ1v) is 4.76. The number of hydrogen-bond acceptors (Lipinski definition) is 4. The Morgan fingerprint density at radius 1 is 1.50 bits per heavy atom. The van der Waals surface area contributed by atoms with E-state index in [1.807, 2.05) is 12.1 Å². The van der Waals surface area contributed by atoms with Crippen molar-refractivity contribution in [1.29, 1.82) is 0 Å². The molecule has 0 spiro atoms. The number of carbonyl (C=O) groups is 1. The Bertz CT molecular complexity index is 557. The lowest BCUT2D eigenvalue weighted by atomic mass is 10.2. The highest BCUT2D eigenvalue weighted by molar-refractivity contribution is 5.79. The molecule has 0 aliphatic heterocycles. The molecule has 0 bridgehead atoms. The Labute approximate surface area is 91.7 Å². The van der Waals surface area contributed by atoms with Crippen molar-refractivity contribution in [3.05, 3.63) is 29.8 Å². The van der Waals surface area contributed by atoms with Crippen molar-refractivity contribution >= 4 is 29.1 Å². The number of rotatable bonds is 3. The number of amides is 1. The third kappa shape index (κ3) is 2.20. The molecule has 1 aromatic carbocycles. The minimum atomic E-state index is -0.358. The van der Waals surface area contributed by atoms with Crippen molar-refractivity contribution in [3.63, 3.8) is 0 Å². The zero-order chi connectivity index (χ0) is 11.5. The van der Waals surface area contributed by atoms with Gasteiger partial charge in [0.25, 0.3) is 6.01 Å². The molecule has 0 radical (unpaired) electrons. The van der Waals surface area contributed by atoms with Crippen LogP contribution in [-0.4, -0.2) is 10.9 Å². The van der Waals surface area contributed by atoms with E-state index in [0.29, 0.717) is 11.1 Å². The summed E-state index contributed by atoms with van der Waals surface area (Å²) in [4.78, 5) is 14.5. The van der Waals surface area contributed by atoms with Gasteiger partial charge in [0, 0.05) is 6.42 Å². The van der Waals surface area contributed by atoms with Crippen LogP contribution < -0.4 is 11.5 Å². The molecule has 2 aromatic rings. The van der Waals surface area contributed by atoms with Crippen LogP contribution in [0.3, 0.4) is 0 Å². The lowest BCUT2D eigenvalue weighted by Crippen LogP contribution is -2.07. The Hall–Kier alpha value is -2.30. The Kier molecular flexibility index (Phi) is 2.59. The van der Waals surface area contributed by atoms with Crippen molar-refractivity contribution in [2.45, 2.75) is 6.42 Å². The molecule has 4 N–H and O–H groups in total. The molecule has 0 unspecified atom stereocenters. The van der Waals surface area contributed by atoms with E-state index in [9.17, 15) is 4.79 Å². The van der Waals surface area contributed by atoms with Crippen LogP contribution in [0.4, 0.5) is 6.01 Å². The van der Waals surface area contributed by atoms with E-state index in [4.69, 9.17) is 15.9 Å². The monoisotopic (exact) mass is 217 g/mol. The number of nitrogens with zero attached hydrogens (tertiary/aromatic N) is 1. The van der Waals surface area contributed by atoms with Gasteiger partial charge in [0.15, 0.2) is 5.58 Å². The fraction of sp³-hybridized carbons (Fsp3) is 0.0909. The van der Waals surface area contributed by atoms with Crippen LogP contribution in [-0.2, 0) is 4.79 Å². The van der Waals surface area contributed by atoms with Crippen LogP contribution in [0.5, 0.6) is 0 Å². The van der Waals surface area contributed by atoms with E-state index in [-0.39, 0.29) is 18.3 Å². The van der Waals surface area contributed by atoms with Gasteiger partial charge >= 0.3 is 0 Å². The second kappa shape index (κ2) is 4.06. The SMILES string of the molecule is NC(=O)CC=Cc1ccc2oc(N)nc2c1. The summed E-state index contributed by atoms with van der Waals surface area (Å²) < 4.78 is 5.13. The van der Waals surface area contributed by atoms with E-state index in [1.54, 1.807) is 18.2 Å². The maximum Gasteiger partial charge on any atom is 0.292 e. The van der Waals surface area contributed by atoms with Crippen molar-refractivity contribution in [2.24, 2.45) is 5.73 Å². The molecular formula is C11H11N3O2. The van der Waals surface area contributed by atoms with Crippen molar-refractivity contribution in [2.75, 3.05) is 5.73 Å². The highest BCUT2D eigenvalue weighted by Gasteiger charge is 2.01. The minimum Gasteiger partial charge on any atom is -0.424 e. The molecule has 1 amide bonds. The van der Waals surface area contributed by atoms with Gasteiger partial charge in [-0.05, 0) is 17.7 Å². The summed E-state index contributed by atoms with van der Waals surface area (Å²) in [5.74, 6) is -0.358. The molecule has 5 heteroatoms. The standard InChI is InChI=1S/C11H11N3O2/c12-10(15)3-1-2-7-4-5-9-8(6-7)14-11(13)16-9/h1-2,4-6H,3H2,(H2,12,15)(H2,13,14). The van der Waals surface area contributed by atoms with E-state index >= 15 is 0 Å². The van der Waals surface area contributed by atoms with Gasteiger partial charge in [-0.3, -0.25) is 4.79 Å². The summed E-state index contributed by atoms with van der Waals surface area (Å²) >= 11 is 0. The van der Waals surface area contributed by atoms with Gasteiger partial charge in [0.2, 0.25) is 5.91 Å². The fourth-order valence-electron chi connectivity index (χ4n) is 1.38. The predicted octanol–water partition coefficient (Wildman–Crippen LogP) is 1.30. The topological polar surface area (TPSA) is 95.1 Å². The molecule has 5 nitrogen and oxygen atoms in total. The zero-order valence-electron chi connectivity index (χ0n) is 8.51. The normalized spacial score (nSPS) is 11.2. The summed E-state index contributed by atoms with van der Waals surface area (Å²) in [6.07, 6.45) is 3.72. The number of anilines is 1. The molecule has 1 aromatic heterocycles. The summed E-state index contributed by atoms with van der Waals surface area (Å²) in [7, 11) is 0. The van der Waals surface area contributed by atoms with Crippen molar-refractivity contribution < 1.29 is 9.21 Å². The fourth-order valence-corrected chi connectivity index (χ4v) is 1.38. The number of nitrogen functional groups attached to an aromatic ring is 1. The van der Waals surface area contributed by atoms with Gasteiger partial charge in [-0.1, -0.05) is 18.2 Å². The molecule has 0 aliphatic carbocycles. The molecule has 1 heterocycles. The van der Waals surface area contributed by atoms with Crippen LogP contribution in [0.15, 0.2) is 28.7 Å². The van der Waals surface area contributed by atoms with Crippen LogP contribution >= 0.6 is 0 Å². The lowest BCUT2D eigenvalue weighted by Gasteiger charge is -1.92. The number of primary amides is 1. The first kappa shape index (κ1) is 10.2. The summed E-state index contributed by atoms with van der Waals surface area (Å²) in [5.41, 5.74) is 12.7. The van der Waals surface area contributed by atoms with Gasteiger partial charge in [-0.15, -0.1) is 0 Å². The highest BCUT2D eigenvalue weighted by atomic mass is 16.4. The predicted molar refractivity (Wildman–Crippen MR) is 61.3 cm³/mol. The van der Waals surface area contributed by atoms with Crippen LogP contribution in [0.2, 0.25) is 0 Å². The number of benzene rings is 1. The van der Waals surface area contributed by atoms with Gasteiger partial charge in [0.05, 0.1) is 0 Å². The molecule has 0 saturated carbocycles. The molecule has 16 heavy (non-hydrogen) atoms. The van der Waals surface area contributed by atoms with Gasteiger partial charge in [-0.25, -0.2) is 0 Å². The number of nitrogens with two attached hydrogens (primary N) is 2. The number of aromatic nitrogens is 1. The molecule has 0 fully saturated rings. The van der Waals surface area contributed by atoms with Gasteiger partial charge in [0.1, 0.15) is 5.52 Å². The summed E-state index contributed by atoms with van der Waals surface area (Å²) in [6, 6.07) is 5.60. The van der Waals surface area contributed by atoms with E-state index in [0.717, 1.165) is 5.56 Å². The maximum absolute atomic E-state index is 10.5. The lowest BCUT2D eigenvalue weighted by molar-refractivity contribution is -0.117. The quantitative estimate of drug-likeness (QED) is 0.809. The number of carbonyl (C=O) groups excluding carboxylic acids is 1. The number of hydrogen-bond donors (Lipinski definition) is 2. The third-order valence-corrected chi connectivity index (χ3v) is 2.06. The molecule has 82 valence electrons. The molecule has 0 saturated heterocycles. The van der Waals surface area contributed by atoms with Gasteiger partial charge < -0.3 is 15.9 Å². The first-order chi connectivity index (χ1) is 7.65. The second-order valence-corrected chi connectivity index (χ2v) is 3.35. The highest BCUT2D eigenvalue weighted by Crippen LogP contribution is 2.18. The number of oxazole rings is 1. The van der Waals surface area contributed by atoms with Crippen LogP contribution in [0.1, 0.15) is 12.0 Å². The zero-order valence-corrected chi connectivity index (χ0v) is 8.51. The van der Waals surface area contributed by atoms with E-state index in [2.05, 4.69) is 4.98 Å². The van der Waals surface area contributed by atoms with E-state index in [1.165, 1.54) is 0 Å². The summed E-state index contributed by atoms with van der Waals surface area (Å²) in [5, 5.41) is 0. The van der Waals surface area contributed by atoms with Crippen molar-refractivity contribution in [1.82, 2.24) is 4.98 Å². The van der Waals surface area contributed by atoms with Crippen LogP contribution in [0.25, 0.3) is 17.2 Å². The molecular weight excluding hydrogens is 206 g/mol. The molecule has 0 atom stereocenters. The average molecular weight is 217 g/mol. The van der Waals surface area contributed by atoms with Gasteiger partial charge in [-0.2, -0.15) is 4.98 Å². The minimum absolute atomic E-state index is 0.147. The largest absolute Gasteiger partial charge is 0.424 e. The second-order valence-electron chi connectivity index (χ2n) is 3.35. The molecule has 0 aliphatic rings. The Morgan fingerprint density at radius 2 is 2.31 bits per heavy atom. The van der Waals surface area contributed by atoms with E-state index < -0.39 is 0 Å². The number of fused-ring (bicyclic) bond motifs is 1. The maximum atomic E-state index is 10.5. The first-order valence-electron chi connectivity index (χ1n) is 4.76. The Morgan fingerprint density at radius 3 is 3.06 bits per heavy atom. The summed E-state index contributed by atoms with van der Waals surface area (Å²) in [6.45, 7) is 0. The third-order valence-electron chi connectivity index (χ3n) is 2.06. The smallest absolute Gasteiger partial charge is 0.292 e. The molecule has 2 rings (SSSR count).